The molecule has 4 heterocycles. The molecule has 15 heteroatoms. The number of ether oxygens (including phenoxy) is 2. The molecule has 3 fully saturated rings. The number of carbonyl (C=O) groups excluding carboxylic acids is 1. The summed E-state index contributed by atoms with van der Waals surface area (Å²) in [6, 6.07) is 6.80. The van der Waals surface area contributed by atoms with Crippen LogP contribution in [0.1, 0.15) is 75.4 Å². The van der Waals surface area contributed by atoms with Gasteiger partial charge < -0.3 is 23.8 Å². The molecule has 1 saturated heterocycles. The van der Waals surface area contributed by atoms with Gasteiger partial charge in [0.2, 0.25) is 11.8 Å². The van der Waals surface area contributed by atoms with E-state index in [1.54, 1.807) is 40.0 Å². The van der Waals surface area contributed by atoms with Gasteiger partial charge in [0.25, 0.3) is 0 Å². The third kappa shape index (κ3) is 7.90. The van der Waals surface area contributed by atoms with Crippen molar-refractivity contribution in [1.29, 1.82) is 0 Å². The van der Waals surface area contributed by atoms with Crippen molar-refractivity contribution in [2.45, 2.75) is 76.7 Å². The van der Waals surface area contributed by atoms with Crippen LogP contribution in [0.3, 0.4) is 0 Å². The highest BCUT2D eigenvalue weighted by atomic mass is 19.4. The lowest BCUT2D eigenvalue weighted by Crippen LogP contribution is -2.52. The van der Waals surface area contributed by atoms with Gasteiger partial charge in [-0.1, -0.05) is 36.1 Å². The number of aromatic nitrogens is 7. The summed E-state index contributed by atoms with van der Waals surface area (Å²) in [4.78, 5) is 42.5. The summed E-state index contributed by atoms with van der Waals surface area (Å²) in [6.07, 6.45) is 3.05. The Bertz CT molecular complexity index is 1970. The lowest BCUT2D eigenvalue weighted by Gasteiger charge is -2.40. The van der Waals surface area contributed by atoms with Crippen molar-refractivity contribution in [3.63, 3.8) is 0 Å². The van der Waals surface area contributed by atoms with Crippen molar-refractivity contribution in [3.05, 3.63) is 60.1 Å². The molecular weight excluding hydrogens is 663 g/mol. The van der Waals surface area contributed by atoms with Gasteiger partial charge in [0.15, 0.2) is 11.5 Å². The molecule has 0 spiro atoms. The number of likely N-dealkylation sites (tertiary alicyclic amines) is 1. The second-order valence-electron chi connectivity index (χ2n) is 14.1. The first-order chi connectivity index (χ1) is 24.4. The topological polar surface area (TPSA) is 124 Å². The summed E-state index contributed by atoms with van der Waals surface area (Å²) < 4.78 is 54.0. The van der Waals surface area contributed by atoms with Crippen LogP contribution in [0.4, 0.5) is 23.9 Å². The van der Waals surface area contributed by atoms with Crippen LogP contribution >= 0.6 is 0 Å². The third-order valence-electron chi connectivity index (χ3n) is 8.73. The highest BCUT2D eigenvalue weighted by molar-refractivity contribution is 5.69. The molecule has 0 radical (unpaired) electrons. The van der Waals surface area contributed by atoms with Crippen LogP contribution in [0.2, 0.25) is 0 Å². The molecule has 2 saturated carbocycles. The zero-order valence-electron chi connectivity index (χ0n) is 28.8. The van der Waals surface area contributed by atoms with E-state index in [1.165, 1.54) is 22.1 Å². The number of hydrogen-bond acceptors (Lipinski definition) is 10. The van der Waals surface area contributed by atoms with Gasteiger partial charge in [-0.25, -0.2) is 29.7 Å². The summed E-state index contributed by atoms with van der Waals surface area (Å²) in [5.41, 5.74) is 1.20. The minimum absolute atomic E-state index is 0.169. The van der Waals surface area contributed by atoms with Crippen molar-refractivity contribution in [2.24, 2.45) is 5.92 Å². The van der Waals surface area contributed by atoms with Crippen molar-refractivity contribution in [2.75, 3.05) is 31.6 Å². The monoisotopic (exact) mass is 701 g/mol. The molecule has 266 valence electrons. The zero-order chi connectivity index (χ0) is 35.9. The molecular formula is C36H38F3N9O3. The van der Waals surface area contributed by atoms with Crippen molar-refractivity contribution >= 4 is 12.0 Å². The predicted octanol–water partition coefficient (Wildman–Crippen LogP) is 6.31. The van der Waals surface area contributed by atoms with Gasteiger partial charge in [-0.05, 0) is 52.0 Å². The Hall–Kier alpha value is -5.26. The number of halogens is 3. The van der Waals surface area contributed by atoms with Gasteiger partial charge in [0.1, 0.15) is 29.6 Å². The fraction of sp³-hybridized carbons (Fsp3) is 0.472. The van der Waals surface area contributed by atoms with E-state index in [0.717, 1.165) is 43.1 Å². The molecule has 3 aliphatic rings. The second kappa shape index (κ2) is 13.5. The van der Waals surface area contributed by atoms with Crippen LogP contribution < -0.4 is 9.64 Å². The smallest absolute Gasteiger partial charge is 0.434 e. The Kier molecular flexibility index (Phi) is 9.03. The molecule has 2 aliphatic carbocycles. The first kappa shape index (κ1) is 34.2. The summed E-state index contributed by atoms with van der Waals surface area (Å²) in [5, 5.41) is 0. The number of carbonyl (C=O) groups is 1. The summed E-state index contributed by atoms with van der Waals surface area (Å²) in [6.45, 7) is 6.44. The number of imidazole rings is 1. The number of methoxy groups -OCH3 is 1. The Morgan fingerprint density at radius 2 is 1.71 bits per heavy atom. The predicted molar refractivity (Wildman–Crippen MR) is 180 cm³/mol. The van der Waals surface area contributed by atoms with Gasteiger partial charge >= 0.3 is 12.3 Å². The normalized spacial score (nSPS) is 16.3. The van der Waals surface area contributed by atoms with Gasteiger partial charge in [-0.15, -0.1) is 0 Å². The van der Waals surface area contributed by atoms with Gasteiger partial charge in [-0.3, -0.25) is 0 Å². The first-order valence-electron chi connectivity index (χ1n) is 16.9. The first-order valence-corrected chi connectivity index (χ1v) is 16.9. The summed E-state index contributed by atoms with van der Waals surface area (Å²) in [5.74, 6) is 8.65. The minimum atomic E-state index is -4.63. The zero-order valence-corrected chi connectivity index (χ0v) is 28.8. The minimum Gasteiger partial charge on any atom is -0.480 e. The Morgan fingerprint density at radius 1 is 0.980 bits per heavy atom. The van der Waals surface area contributed by atoms with E-state index in [-0.39, 0.29) is 25.0 Å². The molecule has 12 nitrogen and oxygen atoms in total. The van der Waals surface area contributed by atoms with Crippen LogP contribution in [0.15, 0.2) is 43.1 Å². The lowest BCUT2D eigenvalue weighted by atomic mass is 10.1. The second-order valence-corrected chi connectivity index (χ2v) is 14.1. The van der Waals surface area contributed by atoms with Crippen LogP contribution in [0.25, 0.3) is 22.8 Å². The average molecular weight is 702 g/mol. The molecule has 0 atom stereocenters. The van der Waals surface area contributed by atoms with Gasteiger partial charge in [-0.2, -0.15) is 18.2 Å². The van der Waals surface area contributed by atoms with E-state index in [0.29, 0.717) is 53.7 Å². The number of amides is 1. The van der Waals surface area contributed by atoms with Gasteiger partial charge in [0, 0.05) is 43.2 Å². The molecule has 0 N–H and O–H groups in total. The van der Waals surface area contributed by atoms with E-state index in [4.69, 9.17) is 14.5 Å². The SMILES string of the molecule is COc1ncnc(C2CC2)c1-c1ncnc(N(CC#CC2CC2)Cc2ccc(-c3nc(C(F)(F)F)cn3C3CN(C(=O)OC(C)(C)C)C3)cc2)n1. The van der Waals surface area contributed by atoms with E-state index >= 15 is 0 Å². The number of nitrogens with zero attached hydrogens (tertiary/aromatic N) is 9. The van der Waals surface area contributed by atoms with Crippen LogP contribution in [-0.2, 0) is 17.5 Å². The summed E-state index contributed by atoms with van der Waals surface area (Å²) in [7, 11) is 1.55. The van der Waals surface area contributed by atoms with Crippen LogP contribution in [-0.4, -0.2) is 77.8 Å². The molecule has 1 amide bonds. The standard InChI is InChI=1S/C36H38F3N9O3/c1-35(2,3)51-34(49)47-17-26(18-47)48-19-27(36(37,38)39)44-31(48)25-11-9-23(10-12-25)16-46(15-5-6-22-7-8-22)33-43-21-41-30(45-33)28-29(24-13-14-24)40-20-42-32(28)50-4/h9-12,19-22,24,26H,7-8,13-18H2,1-4H3. The van der Waals surface area contributed by atoms with E-state index in [1.807, 2.05) is 17.0 Å². The highest BCUT2D eigenvalue weighted by Crippen LogP contribution is 2.45. The number of benzene rings is 1. The third-order valence-corrected chi connectivity index (χ3v) is 8.73. The Labute approximate surface area is 293 Å². The fourth-order valence-corrected chi connectivity index (χ4v) is 5.79. The molecule has 0 bridgehead atoms. The van der Waals surface area contributed by atoms with Crippen molar-refractivity contribution < 1.29 is 27.4 Å². The number of hydrogen-bond donors (Lipinski definition) is 0. The highest BCUT2D eigenvalue weighted by Gasteiger charge is 2.40. The Balaban J connectivity index is 1.14. The Morgan fingerprint density at radius 3 is 2.35 bits per heavy atom. The molecule has 51 heavy (non-hydrogen) atoms. The lowest BCUT2D eigenvalue weighted by molar-refractivity contribution is -0.141. The quantitative estimate of drug-likeness (QED) is 0.184. The van der Waals surface area contributed by atoms with E-state index in [9.17, 15) is 18.0 Å². The number of rotatable bonds is 9. The molecule has 4 aromatic rings. The fourth-order valence-electron chi connectivity index (χ4n) is 5.79. The maximum Gasteiger partial charge on any atom is 0.434 e. The molecule has 1 aromatic carbocycles. The van der Waals surface area contributed by atoms with Crippen LogP contribution in [0.5, 0.6) is 5.88 Å². The molecule has 0 unspecified atom stereocenters. The van der Waals surface area contributed by atoms with Crippen LogP contribution in [0, 0.1) is 17.8 Å². The van der Waals surface area contributed by atoms with E-state index < -0.39 is 23.6 Å². The van der Waals surface area contributed by atoms with Crippen molar-refractivity contribution in [1.82, 2.24) is 39.4 Å². The largest absolute Gasteiger partial charge is 0.480 e. The maximum atomic E-state index is 13.8. The maximum absolute atomic E-state index is 13.8. The number of alkyl halides is 3. The van der Waals surface area contributed by atoms with E-state index in [2.05, 4.69) is 36.8 Å². The van der Waals surface area contributed by atoms with Gasteiger partial charge in [0.05, 0.1) is 25.4 Å². The molecule has 1 aliphatic heterocycles. The molecule has 3 aromatic heterocycles. The average Bonchev–Trinajstić information content (AvgIpc) is 4.01. The molecule has 7 rings (SSSR count). The summed E-state index contributed by atoms with van der Waals surface area (Å²) >= 11 is 0. The van der Waals surface area contributed by atoms with Crippen molar-refractivity contribution in [3.8, 4) is 40.5 Å². The number of anilines is 1.